The van der Waals surface area contributed by atoms with Gasteiger partial charge in [0.05, 0.1) is 17.0 Å². The molecule has 0 unspecified atom stereocenters. The normalized spacial score (nSPS) is 10.9. The fourth-order valence-corrected chi connectivity index (χ4v) is 2.72. The Morgan fingerprint density at radius 1 is 1.07 bits per heavy atom. The van der Waals surface area contributed by atoms with E-state index in [4.69, 9.17) is 0 Å². The van der Waals surface area contributed by atoms with Crippen molar-refractivity contribution < 1.29 is 31.7 Å². The summed E-state index contributed by atoms with van der Waals surface area (Å²) in [7, 11) is 0. The molecule has 0 aliphatic heterocycles. The van der Waals surface area contributed by atoms with E-state index in [1.54, 1.807) is 0 Å². The molecule has 0 atom stereocenters. The van der Waals surface area contributed by atoms with Crippen LogP contribution in [0.1, 0.15) is 21.5 Å². The first-order valence-corrected chi connectivity index (χ1v) is 8.21. The molecule has 1 heterocycles. The van der Waals surface area contributed by atoms with Crippen LogP contribution in [0.4, 0.5) is 33.5 Å². The van der Waals surface area contributed by atoms with Gasteiger partial charge in [-0.15, -0.1) is 0 Å². The standard InChI is InChI=1S/C18H11F5N4O3/c1-8-9(3-2-4-11(8)27(29)30)18(28)24-12-5-6-26(25-12)7-10-13(19)15(21)17(23)16(22)14(10)20/h2-6H,7H2,1H3,(H,24,25,28). The number of halogens is 5. The van der Waals surface area contributed by atoms with Gasteiger partial charge in [-0.25, -0.2) is 22.0 Å². The van der Waals surface area contributed by atoms with Gasteiger partial charge in [0.2, 0.25) is 5.82 Å². The molecule has 0 spiro atoms. The predicted octanol–water partition coefficient (Wildman–Crippen LogP) is 4.10. The molecule has 12 heteroatoms. The lowest BCUT2D eigenvalue weighted by molar-refractivity contribution is -0.385. The Labute approximate surface area is 164 Å². The van der Waals surface area contributed by atoms with Crippen molar-refractivity contribution in [3.05, 3.63) is 86.4 Å². The van der Waals surface area contributed by atoms with Crippen molar-refractivity contribution >= 4 is 17.4 Å². The van der Waals surface area contributed by atoms with Gasteiger partial charge in [0.15, 0.2) is 29.1 Å². The zero-order chi connectivity index (χ0) is 22.2. The molecule has 156 valence electrons. The summed E-state index contributed by atoms with van der Waals surface area (Å²) < 4.78 is 68.1. The third-order valence-corrected chi connectivity index (χ3v) is 4.25. The molecule has 0 saturated heterocycles. The zero-order valence-electron chi connectivity index (χ0n) is 15.1. The van der Waals surface area contributed by atoms with Crippen molar-refractivity contribution in [2.45, 2.75) is 13.5 Å². The van der Waals surface area contributed by atoms with Crippen molar-refractivity contribution in [2.75, 3.05) is 5.32 Å². The van der Waals surface area contributed by atoms with E-state index < -0.39 is 52.0 Å². The maximum atomic E-state index is 13.8. The molecule has 1 amide bonds. The van der Waals surface area contributed by atoms with Gasteiger partial charge in [0, 0.05) is 29.5 Å². The smallest absolute Gasteiger partial charge is 0.273 e. The number of amides is 1. The first-order valence-electron chi connectivity index (χ1n) is 8.21. The Bertz CT molecular complexity index is 1150. The molecule has 0 aliphatic carbocycles. The van der Waals surface area contributed by atoms with E-state index in [9.17, 15) is 36.9 Å². The number of benzene rings is 2. The minimum absolute atomic E-state index is 0.00137. The van der Waals surface area contributed by atoms with Crippen molar-refractivity contribution in [1.29, 1.82) is 0 Å². The molecule has 0 saturated carbocycles. The largest absolute Gasteiger partial charge is 0.305 e. The first-order chi connectivity index (χ1) is 14.1. The maximum Gasteiger partial charge on any atom is 0.273 e. The van der Waals surface area contributed by atoms with Gasteiger partial charge in [-0.2, -0.15) is 5.10 Å². The van der Waals surface area contributed by atoms with Gasteiger partial charge in [-0.05, 0) is 13.0 Å². The highest BCUT2D eigenvalue weighted by molar-refractivity contribution is 6.05. The molecule has 0 fully saturated rings. The van der Waals surface area contributed by atoms with Crippen LogP contribution in [-0.4, -0.2) is 20.6 Å². The quantitative estimate of drug-likeness (QED) is 0.219. The second-order valence-corrected chi connectivity index (χ2v) is 6.11. The van der Waals surface area contributed by atoms with Crippen LogP contribution in [0, 0.1) is 46.1 Å². The molecule has 7 nitrogen and oxygen atoms in total. The minimum Gasteiger partial charge on any atom is -0.305 e. The van der Waals surface area contributed by atoms with E-state index >= 15 is 0 Å². The summed E-state index contributed by atoms with van der Waals surface area (Å²) in [4.78, 5) is 22.7. The van der Waals surface area contributed by atoms with Crippen LogP contribution in [0.5, 0.6) is 0 Å². The number of nitro groups is 1. The maximum absolute atomic E-state index is 13.8. The van der Waals surface area contributed by atoms with E-state index in [-0.39, 0.29) is 22.6 Å². The summed E-state index contributed by atoms with van der Waals surface area (Å²) in [5.74, 6) is -11.2. The number of rotatable bonds is 5. The monoisotopic (exact) mass is 426 g/mol. The van der Waals surface area contributed by atoms with Crippen LogP contribution < -0.4 is 5.32 Å². The van der Waals surface area contributed by atoms with E-state index in [2.05, 4.69) is 10.4 Å². The lowest BCUT2D eigenvalue weighted by atomic mass is 10.1. The average molecular weight is 426 g/mol. The third-order valence-electron chi connectivity index (χ3n) is 4.25. The molecule has 0 aliphatic rings. The Balaban J connectivity index is 1.83. The fraction of sp³-hybridized carbons (Fsp3) is 0.111. The van der Waals surface area contributed by atoms with E-state index in [0.29, 0.717) is 0 Å². The number of nitrogens with one attached hydrogen (secondary N) is 1. The molecule has 0 bridgehead atoms. The van der Waals surface area contributed by atoms with Gasteiger partial charge in [-0.1, -0.05) is 6.07 Å². The number of anilines is 1. The Kier molecular flexibility index (Phi) is 5.49. The molecule has 3 rings (SSSR count). The third kappa shape index (κ3) is 3.71. The second kappa shape index (κ2) is 7.89. The molecule has 3 aromatic rings. The zero-order valence-corrected chi connectivity index (χ0v) is 15.1. The van der Waals surface area contributed by atoms with E-state index in [1.165, 1.54) is 31.2 Å². The molecule has 2 aromatic carbocycles. The van der Waals surface area contributed by atoms with Crippen molar-refractivity contribution in [3.63, 3.8) is 0 Å². The summed E-state index contributed by atoms with van der Waals surface area (Å²) in [5.41, 5.74) is -1.25. The number of nitrogens with zero attached hydrogens (tertiary/aromatic N) is 3. The minimum atomic E-state index is -2.27. The van der Waals surface area contributed by atoms with Gasteiger partial charge in [0.25, 0.3) is 11.6 Å². The van der Waals surface area contributed by atoms with Gasteiger partial charge >= 0.3 is 0 Å². The van der Waals surface area contributed by atoms with Crippen molar-refractivity contribution in [1.82, 2.24) is 9.78 Å². The predicted molar refractivity (Wildman–Crippen MR) is 93.3 cm³/mol. The van der Waals surface area contributed by atoms with Crippen LogP contribution in [0.15, 0.2) is 30.5 Å². The van der Waals surface area contributed by atoms with Gasteiger partial charge in [0.1, 0.15) is 0 Å². The number of hydrogen-bond acceptors (Lipinski definition) is 4. The Morgan fingerprint density at radius 2 is 1.67 bits per heavy atom. The van der Waals surface area contributed by atoms with Crippen LogP contribution in [0.2, 0.25) is 0 Å². The molecule has 0 radical (unpaired) electrons. The number of nitro benzene ring substituents is 1. The number of aromatic nitrogens is 2. The number of carbonyl (C=O) groups excluding carboxylic acids is 1. The average Bonchev–Trinajstić information content (AvgIpc) is 3.15. The number of hydrogen-bond donors (Lipinski definition) is 1. The Morgan fingerprint density at radius 3 is 2.27 bits per heavy atom. The molecule has 1 N–H and O–H groups in total. The molecule has 30 heavy (non-hydrogen) atoms. The van der Waals surface area contributed by atoms with Crippen molar-refractivity contribution in [3.8, 4) is 0 Å². The fourth-order valence-electron chi connectivity index (χ4n) is 2.72. The highest BCUT2D eigenvalue weighted by Gasteiger charge is 2.26. The highest BCUT2D eigenvalue weighted by Crippen LogP contribution is 2.24. The van der Waals surface area contributed by atoms with E-state index in [0.717, 1.165) is 10.9 Å². The highest BCUT2D eigenvalue weighted by atomic mass is 19.2. The SMILES string of the molecule is Cc1c(C(=O)Nc2ccn(Cc3c(F)c(F)c(F)c(F)c3F)n2)cccc1[N+](=O)[O-]. The second-order valence-electron chi connectivity index (χ2n) is 6.11. The molecular formula is C18H11F5N4O3. The van der Waals surface area contributed by atoms with Crippen molar-refractivity contribution in [2.24, 2.45) is 0 Å². The summed E-state index contributed by atoms with van der Waals surface area (Å²) in [5, 5.41) is 17.1. The summed E-state index contributed by atoms with van der Waals surface area (Å²) in [6, 6.07) is 5.12. The summed E-state index contributed by atoms with van der Waals surface area (Å²) in [6.45, 7) is 0.590. The first kappa shape index (κ1) is 20.9. The lowest BCUT2D eigenvalue weighted by Gasteiger charge is -2.08. The molecular weight excluding hydrogens is 415 g/mol. The Hall–Kier alpha value is -3.83. The van der Waals surface area contributed by atoms with Crippen LogP contribution in [0.3, 0.4) is 0 Å². The molecule has 1 aromatic heterocycles. The topological polar surface area (TPSA) is 90.1 Å². The van der Waals surface area contributed by atoms with Gasteiger partial charge in [-0.3, -0.25) is 19.6 Å². The van der Waals surface area contributed by atoms with Crippen LogP contribution >= 0.6 is 0 Å². The van der Waals surface area contributed by atoms with E-state index in [1.807, 2.05) is 0 Å². The van der Waals surface area contributed by atoms with Crippen LogP contribution in [-0.2, 0) is 6.54 Å². The lowest BCUT2D eigenvalue weighted by Crippen LogP contribution is -2.15. The summed E-state index contributed by atoms with van der Waals surface area (Å²) >= 11 is 0. The van der Waals surface area contributed by atoms with Gasteiger partial charge < -0.3 is 5.32 Å². The number of carbonyl (C=O) groups is 1. The van der Waals surface area contributed by atoms with Crippen LogP contribution in [0.25, 0.3) is 0 Å². The summed E-state index contributed by atoms with van der Waals surface area (Å²) in [6.07, 6.45) is 1.15.